The third-order valence-corrected chi connectivity index (χ3v) is 3.68. The van der Waals surface area contributed by atoms with E-state index in [1.165, 1.54) is 0 Å². The molecule has 1 heterocycles. The molecular weight excluding hydrogens is 322 g/mol. The zero-order valence-corrected chi connectivity index (χ0v) is 12.1. The van der Waals surface area contributed by atoms with Crippen LogP contribution in [-0.4, -0.2) is 9.55 Å². The average Bonchev–Trinajstić information content (AvgIpc) is 2.74. The van der Waals surface area contributed by atoms with Crippen molar-refractivity contribution in [1.29, 1.82) is 5.26 Å². The summed E-state index contributed by atoms with van der Waals surface area (Å²) in [6, 6.07) is 15.6. The van der Waals surface area contributed by atoms with Crippen LogP contribution in [0.1, 0.15) is 5.56 Å². The smallest absolute Gasteiger partial charge is 0.182 e. The van der Waals surface area contributed by atoms with Crippen molar-refractivity contribution in [3.63, 3.8) is 0 Å². The van der Waals surface area contributed by atoms with E-state index in [2.05, 4.69) is 27.0 Å². The van der Waals surface area contributed by atoms with E-state index in [1.54, 1.807) is 6.07 Å². The van der Waals surface area contributed by atoms with Gasteiger partial charge >= 0.3 is 0 Å². The molecule has 0 aliphatic heterocycles. The van der Waals surface area contributed by atoms with Gasteiger partial charge in [0.25, 0.3) is 0 Å². The lowest BCUT2D eigenvalue weighted by molar-refractivity contribution is 1.06. The Morgan fingerprint density at radius 3 is 2.74 bits per heavy atom. The van der Waals surface area contributed by atoms with Gasteiger partial charge in [0.2, 0.25) is 0 Å². The first kappa shape index (κ1) is 12.2. The second-order valence-corrected chi connectivity index (χ2v) is 5.36. The second-order valence-electron chi connectivity index (χ2n) is 4.06. The van der Waals surface area contributed by atoms with Crippen molar-refractivity contribution in [3.8, 4) is 11.8 Å². The molecule has 0 fully saturated rings. The topological polar surface area (TPSA) is 44.5 Å². The Labute approximate surface area is 123 Å². The first-order valence-corrected chi connectivity index (χ1v) is 6.80. The number of nitriles is 1. The number of nitrogens with zero attached hydrogens (tertiary/aromatic N) is 2. The molecule has 0 atom stereocenters. The van der Waals surface area contributed by atoms with Gasteiger partial charge in [0, 0.05) is 10.2 Å². The minimum atomic E-state index is 0.579. The van der Waals surface area contributed by atoms with E-state index >= 15 is 0 Å². The largest absolute Gasteiger partial charge is 0.329 e. The Kier molecular flexibility index (Phi) is 2.97. The van der Waals surface area contributed by atoms with Gasteiger partial charge in [0.1, 0.15) is 6.07 Å². The van der Waals surface area contributed by atoms with Crippen LogP contribution in [0.15, 0.2) is 46.9 Å². The summed E-state index contributed by atoms with van der Waals surface area (Å²) >= 11 is 8.82. The van der Waals surface area contributed by atoms with E-state index in [4.69, 9.17) is 17.5 Å². The van der Waals surface area contributed by atoms with E-state index in [9.17, 15) is 0 Å². The van der Waals surface area contributed by atoms with Gasteiger partial charge in [-0.3, -0.25) is 4.57 Å². The molecule has 3 rings (SSSR count). The third-order valence-electron chi connectivity index (χ3n) is 2.91. The van der Waals surface area contributed by atoms with E-state index in [0.717, 1.165) is 21.2 Å². The van der Waals surface area contributed by atoms with Crippen LogP contribution in [0.4, 0.5) is 0 Å². The highest BCUT2D eigenvalue weighted by molar-refractivity contribution is 9.10. The molecule has 0 saturated carbocycles. The van der Waals surface area contributed by atoms with Crippen LogP contribution in [0.2, 0.25) is 0 Å². The normalized spacial score (nSPS) is 10.5. The number of para-hydroxylation sites is 1. The predicted octanol–water partition coefficient (Wildman–Crippen LogP) is 4.32. The van der Waals surface area contributed by atoms with E-state index in [0.29, 0.717) is 10.3 Å². The molecule has 0 spiro atoms. The first-order chi connectivity index (χ1) is 9.20. The number of H-pyrrole nitrogens is 1. The van der Waals surface area contributed by atoms with Gasteiger partial charge in [-0.15, -0.1) is 0 Å². The number of hydrogen-bond acceptors (Lipinski definition) is 2. The second kappa shape index (κ2) is 4.65. The van der Waals surface area contributed by atoms with Crippen LogP contribution in [0.5, 0.6) is 0 Å². The molecule has 2 aromatic carbocycles. The number of hydrogen-bond donors (Lipinski definition) is 1. The number of aromatic nitrogens is 2. The fraction of sp³-hybridized carbons (Fsp3) is 0. The summed E-state index contributed by atoms with van der Waals surface area (Å²) in [4.78, 5) is 3.10. The van der Waals surface area contributed by atoms with Crippen molar-refractivity contribution >= 4 is 39.2 Å². The van der Waals surface area contributed by atoms with E-state index in [1.807, 2.05) is 41.0 Å². The average molecular weight is 330 g/mol. The molecule has 3 nitrogen and oxygen atoms in total. The SMILES string of the molecule is N#Cc1cccc2c1[nH]c(=S)n2-c1cccc(Br)c1. The van der Waals surface area contributed by atoms with Crippen LogP contribution >= 0.6 is 28.1 Å². The van der Waals surface area contributed by atoms with Crippen LogP contribution in [-0.2, 0) is 0 Å². The predicted molar refractivity (Wildman–Crippen MR) is 80.9 cm³/mol. The number of fused-ring (bicyclic) bond motifs is 1. The Hall–Kier alpha value is -1.90. The molecule has 0 aliphatic carbocycles. The van der Waals surface area contributed by atoms with Crippen molar-refractivity contribution in [1.82, 2.24) is 9.55 Å². The number of nitrogens with one attached hydrogen (secondary N) is 1. The number of benzene rings is 2. The molecule has 0 bridgehead atoms. The van der Waals surface area contributed by atoms with Gasteiger partial charge in [-0.05, 0) is 42.5 Å². The van der Waals surface area contributed by atoms with Gasteiger partial charge in [0.05, 0.1) is 16.6 Å². The Morgan fingerprint density at radius 2 is 2.00 bits per heavy atom. The molecule has 0 unspecified atom stereocenters. The summed E-state index contributed by atoms with van der Waals surface area (Å²) in [5.74, 6) is 0. The number of rotatable bonds is 1. The first-order valence-electron chi connectivity index (χ1n) is 5.60. The van der Waals surface area contributed by atoms with Crippen molar-refractivity contribution in [2.45, 2.75) is 0 Å². The maximum absolute atomic E-state index is 9.13. The summed E-state index contributed by atoms with van der Waals surface area (Å²) < 4.78 is 3.49. The van der Waals surface area contributed by atoms with Gasteiger partial charge in [-0.2, -0.15) is 5.26 Å². The summed E-state index contributed by atoms with van der Waals surface area (Å²) in [6.45, 7) is 0. The fourth-order valence-electron chi connectivity index (χ4n) is 2.09. The maximum atomic E-state index is 9.13. The van der Waals surface area contributed by atoms with E-state index < -0.39 is 0 Å². The molecule has 0 radical (unpaired) electrons. The number of halogens is 1. The molecule has 3 aromatic rings. The standard InChI is InChI=1S/C14H8BrN3S/c15-10-4-2-5-11(7-10)18-12-6-1-3-9(8-16)13(12)17-14(18)19/h1-7H,(H,17,19). The molecule has 19 heavy (non-hydrogen) atoms. The molecule has 0 aliphatic rings. The summed E-state index contributed by atoms with van der Waals surface area (Å²) in [6.07, 6.45) is 0. The zero-order valence-electron chi connectivity index (χ0n) is 9.72. The number of imidazole rings is 1. The van der Waals surface area contributed by atoms with Crippen molar-refractivity contribution in [2.24, 2.45) is 0 Å². The monoisotopic (exact) mass is 329 g/mol. The molecule has 0 saturated heterocycles. The zero-order chi connectivity index (χ0) is 13.4. The molecule has 5 heteroatoms. The van der Waals surface area contributed by atoms with Gasteiger partial charge in [-0.1, -0.05) is 28.1 Å². The third kappa shape index (κ3) is 1.99. The minimum absolute atomic E-state index is 0.579. The van der Waals surface area contributed by atoms with Gasteiger partial charge in [0.15, 0.2) is 4.77 Å². The number of aromatic amines is 1. The van der Waals surface area contributed by atoms with Crippen LogP contribution < -0.4 is 0 Å². The lowest BCUT2D eigenvalue weighted by atomic mass is 10.2. The molecule has 0 amide bonds. The lowest BCUT2D eigenvalue weighted by Crippen LogP contribution is -1.93. The molecule has 1 aromatic heterocycles. The Morgan fingerprint density at radius 1 is 1.21 bits per heavy atom. The Bertz CT molecular complexity index is 870. The van der Waals surface area contributed by atoms with E-state index in [-0.39, 0.29) is 0 Å². The fourth-order valence-corrected chi connectivity index (χ4v) is 2.79. The quantitative estimate of drug-likeness (QED) is 0.675. The Balaban J connectivity index is 2.40. The minimum Gasteiger partial charge on any atom is -0.329 e. The highest BCUT2D eigenvalue weighted by Crippen LogP contribution is 2.23. The highest BCUT2D eigenvalue weighted by Gasteiger charge is 2.09. The molecule has 1 N–H and O–H groups in total. The van der Waals surface area contributed by atoms with Gasteiger partial charge in [-0.25, -0.2) is 0 Å². The highest BCUT2D eigenvalue weighted by atomic mass is 79.9. The maximum Gasteiger partial charge on any atom is 0.182 e. The van der Waals surface area contributed by atoms with Gasteiger partial charge < -0.3 is 4.98 Å². The lowest BCUT2D eigenvalue weighted by Gasteiger charge is -2.05. The van der Waals surface area contributed by atoms with Crippen LogP contribution in [0, 0.1) is 16.1 Å². The molecule has 92 valence electrons. The van der Waals surface area contributed by atoms with Crippen molar-refractivity contribution < 1.29 is 0 Å². The summed E-state index contributed by atoms with van der Waals surface area (Å²) in [7, 11) is 0. The van der Waals surface area contributed by atoms with Crippen molar-refractivity contribution in [3.05, 3.63) is 57.3 Å². The summed E-state index contributed by atoms with van der Waals surface area (Å²) in [5, 5.41) is 9.13. The molecular formula is C14H8BrN3S. The van der Waals surface area contributed by atoms with Crippen molar-refractivity contribution in [2.75, 3.05) is 0 Å². The summed E-state index contributed by atoms with van der Waals surface area (Å²) in [5.41, 5.74) is 3.23. The van der Waals surface area contributed by atoms with Crippen LogP contribution in [0.25, 0.3) is 16.7 Å². The van der Waals surface area contributed by atoms with Crippen LogP contribution in [0.3, 0.4) is 0 Å².